The Morgan fingerprint density at radius 1 is 0.742 bits per heavy atom. The Labute approximate surface area is 196 Å². The number of benzene rings is 2. The molecule has 0 unspecified atom stereocenters. The minimum absolute atomic E-state index is 0. The van der Waals surface area contributed by atoms with E-state index in [2.05, 4.69) is 4.98 Å². The number of hydrogen-bond acceptors (Lipinski definition) is 5. The number of carbonyl (C=O) groups excluding carboxylic acids is 2. The van der Waals surface area contributed by atoms with E-state index in [-0.39, 0.29) is 51.2 Å². The summed E-state index contributed by atoms with van der Waals surface area (Å²) in [6.45, 7) is 0. The Morgan fingerprint density at radius 2 is 1.16 bits per heavy atom. The molecule has 5 nitrogen and oxygen atoms in total. The van der Waals surface area contributed by atoms with Gasteiger partial charge in [0.2, 0.25) is 0 Å². The normalized spacial score (nSPS) is 9.10. The molecule has 0 saturated carbocycles. The van der Waals surface area contributed by atoms with Crippen LogP contribution in [0.5, 0.6) is 0 Å². The van der Waals surface area contributed by atoms with Gasteiger partial charge in [-0.05, 0) is 12.1 Å². The van der Waals surface area contributed by atoms with E-state index in [0.29, 0.717) is 32.6 Å². The largest absolute Gasteiger partial charge is 1.00 e. The molecule has 0 amide bonds. The standard InChI is InChI=1S/2C7H5FN.C7H5NO2.2ClH.Fe/c2*8-7-3-1-6(5-9)2-4-7;9-4-6-2-1-3-7(5-10)8-6;;;/h2*1,3-5,9H;1-5H;2*1H;/q;;;;;+2/p-2. The maximum absolute atomic E-state index is 13.3. The summed E-state index contributed by atoms with van der Waals surface area (Å²) >= 11 is 0.283. The second-order valence-electron chi connectivity index (χ2n) is 5.41. The van der Waals surface area contributed by atoms with E-state index in [9.17, 15) is 18.4 Å². The summed E-state index contributed by atoms with van der Waals surface area (Å²) in [4.78, 5) is 23.9. The molecule has 2 N–H and O–H groups in total. The first-order chi connectivity index (χ1) is 14.0. The monoisotopic (exact) mass is 505 g/mol. The van der Waals surface area contributed by atoms with Crippen LogP contribution in [-0.2, 0) is 15.0 Å². The first-order valence-corrected chi connectivity index (χ1v) is 9.21. The molecule has 31 heavy (non-hydrogen) atoms. The second-order valence-corrected chi connectivity index (χ2v) is 6.87. The molecule has 10 heteroatoms. The maximum atomic E-state index is 13.3. The predicted octanol–water partition coefficient (Wildman–Crippen LogP) is -3.29. The molecule has 0 aliphatic carbocycles. The maximum Gasteiger partial charge on any atom is 0.168 e. The van der Waals surface area contributed by atoms with Gasteiger partial charge in [0.1, 0.15) is 11.4 Å². The molecular weight excluding hydrogens is 491 g/mol. The van der Waals surface area contributed by atoms with Gasteiger partial charge in [-0.3, -0.25) is 9.59 Å². The molecule has 0 aliphatic rings. The van der Waals surface area contributed by atoms with Crippen LogP contribution in [0.25, 0.3) is 0 Å². The van der Waals surface area contributed by atoms with E-state index < -0.39 is 11.6 Å². The van der Waals surface area contributed by atoms with Gasteiger partial charge in [-0.2, -0.15) is 0 Å². The molecule has 3 rings (SSSR count). The number of halogens is 4. The Bertz CT molecular complexity index is 990. The number of nitrogens with one attached hydrogen (secondary N) is 2. The van der Waals surface area contributed by atoms with Gasteiger partial charge in [-0.1, -0.05) is 6.07 Å². The molecule has 0 bridgehead atoms. The summed E-state index contributed by atoms with van der Waals surface area (Å²) in [6.07, 6.45) is 3.48. The minimum atomic E-state index is -0.395. The van der Waals surface area contributed by atoms with E-state index >= 15 is 0 Å². The van der Waals surface area contributed by atoms with Crippen molar-refractivity contribution >= 4 is 33.9 Å². The molecule has 3 aromatic rings. The number of nitrogens with zero attached hydrogens (tertiary/aromatic N) is 1. The molecule has 1 aromatic heterocycles. The van der Waals surface area contributed by atoms with Gasteiger partial charge in [-0.15, -0.1) is 0 Å². The fourth-order valence-corrected chi connectivity index (χ4v) is 3.53. The van der Waals surface area contributed by atoms with Crippen LogP contribution in [0.15, 0.2) is 54.6 Å². The molecule has 2 aromatic carbocycles. The van der Waals surface area contributed by atoms with Gasteiger partial charge < -0.3 is 24.8 Å². The molecule has 0 saturated heterocycles. The third kappa shape index (κ3) is 8.47. The van der Waals surface area contributed by atoms with Crippen molar-refractivity contribution in [1.29, 1.82) is 10.8 Å². The average Bonchev–Trinajstić information content (AvgIpc) is 2.74. The zero-order chi connectivity index (χ0) is 21.2. The van der Waals surface area contributed by atoms with Gasteiger partial charge >= 0.3 is 115 Å². The van der Waals surface area contributed by atoms with E-state index in [1.165, 1.54) is 36.4 Å². The van der Waals surface area contributed by atoms with Crippen LogP contribution in [-0.4, -0.2) is 30.0 Å². The van der Waals surface area contributed by atoms with E-state index in [0.717, 1.165) is 12.4 Å². The number of aromatic nitrogens is 1. The zero-order valence-electron chi connectivity index (χ0n) is 15.6. The van der Waals surface area contributed by atoms with Crippen LogP contribution in [0.4, 0.5) is 8.78 Å². The van der Waals surface area contributed by atoms with Crippen molar-refractivity contribution in [2.24, 2.45) is 0 Å². The molecule has 0 spiro atoms. The molecule has 1 heterocycles. The summed E-state index contributed by atoms with van der Waals surface area (Å²) in [5.41, 5.74) is 1.73. The number of pyridine rings is 1. The van der Waals surface area contributed by atoms with Crippen LogP contribution < -0.4 is 33.7 Å². The van der Waals surface area contributed by atoms with Gasteiger partial charge in [0.15, 0.2) is 12.6 Å². The smallest absolute Gasteiger partial charge is 0.168 e. The SMILES string of the molecule is N=Cc1ccc(F)c[c]1[Fe+2][c]1cc(F)ccc1C=N.O=Cc1cccc(C=O)n1.[Cl-].[Cl-]. The van der Waals surface area contributed by atoms with Crippen molar-refractivity contribution in [3.8, 4) is 0 Å². The van der Waals surface area contributed by atoms with Crippen LogP contribution in [0.1, 0.15) is 32.1 Å². The Hall–Kier alpha value is -2.77. The van der Waals surface area contributed by atoms with Gasteiger partial charge in [0, 0.05) is 0 Å². The van der Waals surface area contributed by atoms with Gasteiger partial charge in [0.25, 0.3) is 0 Å². The van der Waals surface area contributed by atoms with Crippen molar-refractivity contribution in [2.45, 2.75) is 0 Å². The summed E-state index contributed by atoms with van der Waals surface area (Å²) in [6, 6.07) is 13.0. The molecule has 0 fully saturated rings. The molecule has 0 atom stereocenters. The fraction of sp³-hybridized carbons (Fsp3) is 0. The summed E-state index contributed by atoms with van der Waals surface area (Å²) in [5, 5.41) is 14.6. The Balaban J connectivity index is 0.000000643. The third-order valence-electron chi connectivity index (χ3n) is 3.44. The van der Waals surface area contributed by atoms with Crippen molar-refractivity contribution in [3.05, 3.63) is 88.7 Å². The number of hydrogen-bond donors (Lipinski definition) is 2. The quantitative estimate of drug-likeness (QED) is 0.209. The molecule has 162 valence electrons. The first kappa shape index (κ1) is 28.2. The summed E-state index contributed by atoms with van der Waals surface area (Å²) in [7, 11) is 0. The van der Waals surface area contributed by atoms with E-state index in [1.54, 1.807) is 18.2 Å². The van der Waals surface area contributed by atoms with Crippen molar-refractivity contribution in [2.75, 3.05) is 0 Å². The van der Waals surface area contributed by atoms with Crippen LogP contribution >= 0.6 is 0 Å². The molecule has 0 radical (unpaired) electrons. The topological polar surface area (TPSA) is 94.7 Å². The van der Waals surface area contributed by atoms with Crippen LogP contribution in [0.3, 0.4) is 0 Å². The van der Waals surface area contributed by atoms with Gasteiger partial charge in [-0.25, -0.2) is 4.98 Å². The Kier molecular flexibility index (Phi) is 13.0. The minimum Gasteiger partial charge on any atom is -1.00 e. The molecule has 0 aliphatic heterocycles. The van der Waals surface area contributed by atoms with Crippen molar-refractivity contribution in [1.82, 2.24) is 4.98 Å². The van der Waals surface area contributed by atoms with E-state index in [1.807, 2.05) is 0 Å². The zero-order valence-corrected chi connectivity index (χ0v) is 18.3. The summed E-state index contributed by atoms with van der Waals surface area (Å²) in [5.74, 6) is -0.790. The van der Waals surface area contributed by atoms with Crippen molar-refractivity contribution < 1.29 is 58.1 Å². The predicted molar refractivity (Wildman–Crippen MR) is 103 cm³/mol. The molecular formula is C21H15Cl2F2FeN3O2. The van der Waals surface area contributed by atoms with Crippen LogP contribution in [0.2, 0.25) is 0 Å². The fourth-order valence-electron chi connectivity index (χ4n) is 2.08. The first-order valence-electron chi connectivity index (χ1n) is 8.10. The third-order valence-corrected chi connectivity index (χ3v) is 4.99. The number of rotatable bonds is 6. The second kappa shape index (κ2) is 14.3. The van der Waals surface area contributed by atoms with Gasteiger partial charge in [0.05, 0.1) is 0 Å². The van der Waals surface area contributed by atoms with E-state index in [4.69, 9.17) is 10.8 Å². The number of aldehydes is 2. The Morgan fingerprint density at radius 3 is 1.52 bits per heavy atom. The van der Waals surface area contributed by atoms with Crippen molar-refractivity contribution in [3.63, 3.8) is 0 Å². The van der Waals surface area contributed by atoms with Crippen LogP contribution in [0, 0.1) is 22.5 Å². The summed E-state index contributed by atoms with van der Waals surface area (Å²) < 4.78 is 27.7. The average molecular weight is 506 g/mol. The number of carbonyl (C=O) groups is 2.